The number of nitrogens with one attached hydrogen (secondary N) is 1. The maximum Gasteiger partial charge on any atom is 0.230 e. The van der Waals surface area contributed by atoms with Gasteiger partial charge in [-0.1, -0.05) is 11.8 Å². The minimum atomic E-state index is -0.691. The van der Waals surface area contributed by atoms with Gasteiger partial charge in [-0.25, -0.2) is 9.37 Å². The number of rotatable bonds is 7. The van der Waals surface area contributed by atoms with Gasteiger partial charge in [0.2, 0.25) is 11.8 Å². The number of aliphatic imine (C=N–C) groups is 1. The van der Waals surface area contributed by atoms with Crippen LogP contribution in [0.1, 0.15) is 18.9 Å². The van der Waals surface area contributed by atoms with Crippen LogP contribution >= 0.6 is 11.8 Å². The summed E-state index contributed by atoms with van der Waals surface area (Å²) in [5, 5.41) is 3.56. The van der Waals surface area contributed by atoms with E-state index in [0.717, 1.165) is 5.75 Å². The van der Waals surface area contributed by atoms with Crippen LogP contribution in [-0.2, 0) is 10.3 Å². The molecule has 0 saturated heterocycles. The van der Waals surface area contributed by atoms with Crippen LogP contribution in [0.15, 0.2) is 35.5 Å². The Balaban J connectivity index is 1.81. The molecule has 0 spiro atoms. The van der Waals surface area contributed by atoms with Crippen LogP contribution in [0.3, 0.4) is 0 Å². The lowest BCUT2D eigenvalue weighted by atomic mass is 9.89. The van der Waals surface area contributed by atoms with Gasteiger partial charge in [0, 0.05) is 36.4 Å². The number of benzene rings is 1. The highest BCUT2D eigenvalue weighted by Crippen LogP contribution is 2.37. The van der Waals surface area contributed by atoms with Gasteiger partial charge in [0.05, 0.1) is 12.1 Å². The summed E-state index contributed by atoms with van der Waals surface area (Å²) in [5.41, 5.74) is 6.32. The Morgan fingerprint density at radius 3 is 2.96 bits per heavy atom. The number of nitrogens with zero attached hydrogens (tertiary/aromatic N) is 3. The minimum Gasteiger partial charge on any atom is -0.475 e. The molecule has 0 aliphatic carbocycles. The van der Waals surface area contributed by atoms with Gasteiger partial charge in [0.1, 0.15) is 12.4 Å². The molecule has 9 heteroatoms. The van der Waals surface area contributed by atoms with Crippen LogP contribution in [0.4, 0.5) is 16.0 Å². The van der Waals surface area contributed by atoms with Crippen LogP contribution in [0, 0.1) is 5.82 Å². The normalized spacial score (nSPS) is 19.4. The summed E-state index contributed by atoms with van der Waals surface area (Å²) >= 11 is 1.48. The number of anilines is 2. The van der Waals surface area contributed by atoms with E-state index in [1.54, 1.807) is 31.5 Å². The van der Waals surface area contributed by atoms with Gasteiger partial charge in [-0.15, -0.1) is 0 Å². The van der Waals surface area contributed by atoms with Gasteiger partial charge in [0.15, 0.2) is 5.17 Å². The Morgan fingerprint density at radius 2 is 2.19 bits per heavy atom. The average molecular weight is 391 g/mol. The highest BCUT2D eigenvalue weighted by atomic mass is 32.2. The van der Waals surface area contributed by atoms with Crippen LogP contribution in [0.25, 0.3) is 0 Å². The molecule has 1 aliphatic heterocycles. The number of ether oxygens (including phenoxy) is 2. The van der Waals surface area contributed by atoms with E-state index in [0.29, 0.717) is 47.9 Å². The van der Waals surface area contributed by atoms with Crippen molar-refractivity contribution in [2.45, 2.75) is 18.9 Å². The van der Waals surface area contributed by atoms with Gasteiger partial charge >= 0.3 is 0 Å². The van der Waals surface area contributed by atoms with E-state index in [-0.39, 0.29) is 5.82 Å². The maximum absolute atomic E-state index is 14.5. The molecule has 0 unspecified atom stereocenters. The molecule has 144 valence electrons. The summed E-state index contributed by atoms with van der Waals surface area (Å²) in [6, 6.07) is 6.43. The average Bonchev–Trinajstić information content (AvgIpc) is 2.64. The number of halogens is 1. The molecule has 7 nitrogen and oxygen atoms in total. The van der Waals surface area contributed by atoms with Gasteiger partial charge in [-0.3, -0.25) is 4.99 Å². The second-order valence-corrected chi connectivity index (χ2v) is 7.32. The first kappa shape index (κ1) is 19.4. The van der Waals surface area contributed by atoms with Crippen molar-refractivity contribution >= 4 is 28.6 Å². The number of hydrogen-bond acceptors (Lipinski definition) is 8. The molecule has 3 rings (SSSR count). The fourth-order valence-corrected chi connectivity index (χ4v) is 3.71. The molecule has 1 aromatic carbocycles. The van der Waals surface area contributed by atoms with Crippen molar-refractivity contribution in [2.75, 3.05) is 31.4 Å². The van der Waals surface area contributed by atoms with Gasteiger partial charge in [-0.05, 0) is 31.5 Å². The molecular formula is C18H22FN5O2S. The largest absolute Gasteiger partial charge is 0.475 e. The van der Waals surface area contributed by atoms with E-state index in [4.69, 9.17) is 15.2 Å². The lowest BCUT2D eigenvalue weighted by Gasteiger charge is -2.30. The zero-order chi connectivity index (χ0) is 19.3. The van der Waals surface area contributed by atoms with Crippen molar-refractivity contribution in [3.63, 3.8) is 0 Å². The maximum atomic E-state index is 14.5. The predicted octanol–water partition coefficient (Wildman–Crippen LogP) is 3.05. The zero-order valence-electron chi connectivity index (χ0n) is 15.2. The molecule has 0 fully saturated rings. The third kappa shape index (κ3) is 4.86. The van der Waals surface area contributed by atoms with Gasteiger partial charge in [0.25, 0.3) is 0 Å². The van der Waals surface area contributed by atoms with Crippen LogP contribution in [-0.4, -0.2) is 41.2 Å². The Bertz CT molecular complexity index is 835. The summed E-state index contributed by atoms with van der Waals surface area (Å²) in [5.74, 6) is 1.27. The molecule has 1 aromatic heterocycles. The smallest absolute Gasteiger partial charge is 0.230 e. The van der Waals surface area contributed by atoms with Gasteiger partial charge < -0.3 is 20.5 Å². The molecule has 3 N–H and O–H groups in total. The number of thioether (sulfide) groups is 1. The Hall–Kier alpha value is -2.39. The van der Waals surface area contributed by atoms with Crippen molar-refractivity contribution in [1.82, 2.24) is 9.97 Å². The Labute approximate surface area is 161 Å². The van der Waals surface area contributed by atoms with Crippen molar-refractivity contribution in [2.24, 2.45) is 10.7 Å². The van der Waals surface area contributed by atoms with Crippen molar-refractivity contribution < 1.29 is 13.9 Å². The first-order chi connectivity index (χ1) is 13.0. The molecule has 0 bridgehead atoms. The molecule has 0 amide bonds. The lowest BCUT2D eigenvalue weighted by molar-refractivity contribution is 0.144. The highest BCUT2D eigenvalue weighted by Gasteiger charge is 2.32. The second kappa shape index (κ2) is 8.53. The third-order valence-corrected chi connectivity index (χ3v) is 4.96. The first-order valence-electron chi connectivity index (χ1n) is 8.50. The van der Waals surface area contributed by atoms with Crippen molar-refractivity contribution in [1.29, 1.82) is 0 Å². The topological polar surface area (TPSA) is 94.7 Å². The first-order valence-corrected chi connectivity index (χ1v) is 9.49. The molecular weight excluding hydrogens is 369 g/mol. The molecule has 1 aliphatic rings. The molecule has 1 atom stereocenters. The van der Waals surface area contributed by atoms with Crippen LogP contribution in [0.5, 0.6) is 5.88 Å². The number of aromatic nitrogens is 2. The summed E-state index contributed by atoms with van der Waals surface area (Å²) in [6.45, 7) is 2.75. The number of amidine groups is 1. The van der Waals surface area contributed by atoms with E-state index in [2.05, 4.69) is 20.3 Å². The SMILES string of the molecule is COCCOc1ccnc(Nc2ccc(F)c([C@]3(C)CCSC(N)=N3)c2)n1. The molecule has 0 saturated carbocycles. The van der Waals surface area contributed by atoms with E-state index < -0.39 is 5.54 Å². The van der Waals surface area contributed by atoms with E-state index in [1.165, 1.54) is 17.8 Å². The van der Waals surface area contributed by atoms with Crippen molar-refractivity contribution in [3.05, 3.63) is 41.8 Å². The Morgan fingerprint density at radius 1 is 1.33 bits per heavy atom. The monoisotopic (exact) mass is 391 g/mol. The fraction of sp³-hybridized carbons (Fsp3) is 0.389. The highest BCUT2D eigenvalue weighted by molar-refractivity contribution is 8.13. The van der Waals surface area contributed by atoms with Gasteiger partial charge in [-0.2, -0.15) is 4.98 Å². The van der Waals surface area contributed by atoms with Crippen LogP contribution < -0.4 is 15.8 Å². The molecule has 0 radical (unpaired) electrons. The number of nitrogens with two attached hydrogens (primary N) is 1. The minimum absolute atomic E-state index is 0.316. The summed E-state index contributed by atoms with van der Waals surface area (Å²) in [6.07, 6.45) is 2.30. The molecule has 2 heterocycles. The third-order valence-electron chi connectivity index (χ3n) is 4.17. The summed E-state index contributed by atoms with van der Waals surface area (Å²) in [4.78, 5) is 12.9. The lowest BCUT2D eigenvalue weighted by Crippen LogP contribution is -2.29. The molecule has 27 heavy (non-hydrogen) atoms. The zero-order valence-corrected chi connectivity index (χ0v) is 16.1. The standard InChI is InChI=1S/C18H22FN5O2S/c1-18(6-10-27-16(20)24-18)13-11-12(3-4-14(13)19)22-17-21-7-5-15(23-17)26-9-8-25-2/h3-5,7,11H,6,8-10H2,1-2H3,(H2,20,24)(H,21,22,23)/t18-/m0/s1. The fourth-order valence-electron chi connectivity index (χ4n) is 2.74. The van der Waals surface area contributed by atoms with E-state index >= 15 is 0 Å². The van der Waals surface area contributed by atoms with E-state index in [9.17, 15) is 4.39 Å². The predicted molar refractivity (Wildman–Crippen MR) is 105 cm³/mol. The quantitative estimate of drug-likeness (QED) is 0.701. The Kier molecular flexibility index (Phi) is 6.12. The molecule has 2 aromatic rings. The second-order valence-electron chi connectivity index (χ2n) is 6.20. The summed E-state index contributed by atoms with van der Waals surface area (Å²) < 4.78 is 24.9. The van der Waals surface area contributed by atoms with Crippen molar-refractivity contribution in [3.8, 4) is 5.88 Å². The van der Waals surface area contributed by atoms with E-state index in [1.807, 2.05) is 6.92 Å². The number of methoxy groups -OCH3 is 1. The van der Waals surface area contributed by atoms with Crippen LogP contribution in [0.2, 0.25) is 0 Å². The summed E-state index contributed by atoms with van der Waals surface area (Å²) in [7, 11) is 1.60. The number of hydrogen-bond donors (Lipinski definition) is 2.